The number of pyridine rings is 1. The van der Waals surface area contributed by atoms with E-state index in [0.717, 1.165) is 16.8 Å². The molecule has 0 saturated heterocycles. The molecule has 0 saturated carbocycles. The molecule has 0 bridgehead atoms. The van der Waals surface area contributed by atoms with Crippen molar-refractivity contribution in [2.75, 3.05) is 5.32 Å². The van der Waals surface area contributed by atoms with Gasteiger partial charge in [-0.1, -0.05) is 28.4 Å². The SMILES string of the molecule is Cc1noc(C)c1-c1cc(Cl)c(Nc2ncccc2C(=O)NO)c(Cl)c1. The molecule has 1 amide bonds. The number of carbonyl (C=O) groups is 1. The van der Waals surface area contributed by atoms with E-state index in [1.165, 1.54) is 12.3 Å². The summed E-state index contributed by atoms with van der Waals surface area (Å²) in [4.78, 5) is 15.9. The predicted octanol–water partition coefficient (Wildman–Crippen LogP) is 4.52. The number of nitrogens with one attached hydrogen (secondary N) is 2. The summed E-state index contributed by atoms with van der Waals surface area (Å²) in [5.74, 6) is 0.148. The highest BCUT2D eigenvalue weighted by Gasteiger charge is 2.18. The molecule has 3 rings (SSSR count). The molecule has 0 unspecified atom stereocenters. The van der Waals surface area contributed by atoms with Gasteiger partial charge in [-0.15, -0.1) is 0 Å². The van der Waals surface area contributed by atoms with Gasteiger partial charge in [-0.25, -0.2) is 10.5 Å². The molecule has 3 N–H and O–H groups in total. The smallest absolute Gasteiger partial charge is 0.278 e. The van der Waals surface area contributed by atoms with E-state index in [0.29, 0.717) is 21.5 Å². The lowest BCUT2D eigenvalue weighted by molar-refractivity contribution is 0.0707. The number of benzene rings is 1. The quantitative estimate of drug-likeness (QED) is 0.445. The maximum Gasteiger partial charge on any atom is 0.278 e. The summed E-state index contributed by atoms with van der Waals surface area (Å²) in [6, 6.07) is 6.51. The van der Waals surface area contributed by atoms with Gasteiger partial charge in [0.1, 0.15) is 11.6 Å². The molecule has 0 fully saturated rings. The topological polar surface area (TPSA) is 100 Å². The second kappa shape index (κ2) is 7.33. The molecule has 0 aliphatic rings. The second-order valence-corrected chi connectivity index (χ2v) is 6.29. The van der Waals surface area contributed by atoms with Crippen LogP contribution in [0.3, 0.4) is 0 Å². The number of aryl methyl sites for hydroxylation is 2. The Morgan fingerprint density at radius 2 is 1.92 bits per heavy atom. The van der Waals surface area contributed by atoms with Crippen molar-refractivity contribution < 1.29 is 14.5 Å². The lowest BCUT2D eigenvalue weighted by Gasteiger charge is -2.14. The van der Waals surface area contributed by atoms with E-state index in [4.69, 9.17) is 32.9 Å². The third-order valence-electron chi connectivity index (χ3n) is 3.76. The zero-order chi connectivity index (χ0) is 18.8. The van der Waals surface area contributed by atoms with Crippen LogP contribution in [0.25, 0.3) is 11.1 Å². The average Bonchev–Trinajstić information content (AvgIpc) is 2.96. The van der Waals surface area contributed by atoms with Crippen LogP contribution in [-0.2, 0) is 0 Å². The Kier molecular flexibility index (Phi) is 5.13. The summed E-state index contributed by atoms with van der Waals surface area (Å²) in [6.45, 7) is 3.63. The summed E-state index contributed by atoms with van der Waals surface area (Å²) in [7, 11) is 0. The maximum atomic E-state index is 11.8. The van der Waals surface area contributed by atoms with Gasteiger partial charge in [0.15, 0.2) is 0 Å². The van der Waals surface area contributed by atoms with Gasteiger partial charge >= 0.3 is 0 Å². The van der Waals surface area contributed by atoms with E-state index in [1.54, 1.807) is 30.6 Å². The number of anilines is 2. The Bertz CT molecular complexity index is 945. The molecule has 0 atom stereocenters. The van der Waals surface area contributed by atoms with Gasteiger partial charge in [-0.05, 0) is 43.7 Å². The normalized spacial score (nSPS) is 10.7. The molecule has 2 aromatic heterocycles. The van der Waals surface area contributed by atoms with Crippen LogP contribution in [0.15, 0.2) is 35.0 Å². The molecule has 134 valence electrons. The summed E-state index contributed by atoms with van der Waals surface area (Å²) in [5.41, 5.74) is 4.40. The Morgan fingerprint density at radius 3 is 2.50 bits per heavy atom. The lowest BCUT2D eigenvalue weighted by Crippen LogP contribution is -2.20. The lowest BCUT2D eigenvalue weighted by atomic mass is 10.0. The first-order valence-corrected chi connectivity index (χ1v) is 8.26. The number of aromatic nitrogens is 2. The third kappa shape index (κ3) is 3.37. The Labute approximate surface area is 158 Å². The standard InChI is InChI=1S/C17H14Cl2N4O3/c1-8-14(9(2)26-23-8)10-6-12(18)15(13(19)7-10)21-16-11(17(24)22-25)4-3-5-20-16/h3-7,25H,1-2H3,(H,20,21)(H,22,24). The van der Waals surface area contributed by atoms with Crippen LogP contribution in [0.5, 0.6) is 0 Å². The fourth-order valence-corrected chi connectivity index (χ4v) is 3.18. The Balaban J connectivity index is 2.02. The minimum absolute atomic E-state index is 0.136. The first-order chi connectivity index (χ1) is 12.4. The third-order valence-corrected chi connectivity index (χ3v) is 4.36. The van der Waals surface area contributed by atoms with Crippen LogP contribution in [0.2, 0.25) is 10.0 Å². The van der Waals surface area contributed by atoms with Crippen LogP contribution < -0.4 is 10.8 Å². The number of nitrogens with zero attached hydrogens (tertiary/aromatic N) is 2. The average molecular weight is 393 g/mol. The van der Waals surface area contributed by atoms with Crippen molar-refractivity contribution in [2.45, 2.75) is 13.8 Å². The molecule has 26 heavy (non-hydrogen) atoms. The second-order valence-electron chi connectivity index (χ2n) is 5.48. The number of hydrogen-bond donors (Lipinski definition) is 3. The highest BCUT2D eigenvalue weighted by Crippen LogP contribution is 2.39. The van der Waals surface area contributed by atoms with Gasteiger partial charge in [-0.2, -0.15) is 0 Å². The van der Waals surface area contributed by atoms with Crippen molar-refractivity contribution in [3.63, 3.8) is 0 Å². The predicted molar refractivity (Wildman–Crippen MR) is 98.2 cm³/mol. The van der Waals surface area contributed by atoms with Crippen molar-refractivity contribution in [1.29, 1.82) is 0 Å². The van der Waals surface area contributed by atoms with E-state index in [9.17, 15) is 4.79 Å². The molecule has 3 aromatic rings. The highest BCUT2D eigenvalue weighted by molar-refractivity contribution is 6.39. The molecule has 0 aliphatic heterocycles. The van der Waals surface area contributed by atoms with E-state index < -0.39 is 5.91 Å². The number of amides is 1. The van der Waals surface area contributed by atoms with E-state index >= 15 is 0 Å². The molecule has 0 radical (unpaired) electrons. The fraction of sp³-hybridized carbons (Fsp3) is 0.118. The van der Waals surface area contributed by atoms with Gasteiger partial charge in [0.2, 0.25) is 0 Å². The zero-order valence-electron chi connectivity index (χ0n) is 13.8. The molecule has 0 spiro atoms. The molecule has 7 nitrogen and oxygen atoms in total. The first kappa shape index (κ1) is 18.2. The fourth-order valence-electron chi connectivity index (χ4n) is 2.60. The van der Waals surface area contributed by atoms with Gasteiger partial charge in [-0.3, -0.25) is 10.0 Å². The molecule has 0 aliphatic carbocycles. The van der Waals surface area contributed by atoms with Gasteiger partial charge in [0.05, 0.1) is 27.0 Å². The van der Waals surface area contributed by atoms with E-state index in [-0.39, 0.29) is 11.4 Å². The van der Waals surface area contributed by atoms with Crippen LogP contribution in [0.4, 0.5) is 11.5 Å². The van der Waals surface area contributed by atoms with Crippen molar-refractivity contribution in [3.8, 4) is 11.1 Å². The molecular formula is C17H14Cl2N4O3. The molecule has 9 heteroatoms. The molecule has 2 heterocycles. The van der Waals surface area contributed by atoms with Crippen molar-refractivity contribution >= 4 is 40.6 Å². The molecule has 1 aromatic carbocycles. The maximum absolute atomic E-state index is 11.8. The van der Waals surface area contributed by atoms with Gasteiger partial charge in [0.25, 0.3) is 5.91 Å². The number of hydrogen-bond acceptors (Lipinski definition) is 6. The Morgan fingerprint density at radius 1 is 1.23 bits per heavy atom. The van der Waals surface area contributed by atoms with Gasteiger partial charge in [0, 0.05) is 11.8 Å². The highest BCUT2D eigenvalue weighted by atomic mass is 35.5. The van der Waals surface area contributed by atoms with Gasteiger partial charge < -0.3 is 9.84 Å². The van der Waals surface area contributed by atoms with Crippen LogP contribution in [0.1, 0.15) is 21.8 Å². The monoisotopic (exact) mass is 392 g/mol. The van der Waals surface area contributed by atoms with Crippen molar-refractivity contribution in [2.24, 2.45) is 0 Å². The summed E-state index contributed by atoms with van der Waals surface area (Å²) < 4.78 is 5.18. The Hall–Kier alpha value is -2.61. The summed E-state index contributed by atoms with van der Waals surface area (Å²) in [6.07, 6.45) is 1.50. The van der Waals surface area contributed by atoms with Crippen LogP contribution in [-0.4, -0.2) is 21.3 Å². The minimum atomic E-state index is -0.708. The summed E-state index contributed by atoms with van der Waals surface area (Å²) in [5, 5.41) is 16.4. The van der Waals surface area contributed by atoms with Crippen molar-refractivity contribution in [3.05, 3.63) is 57.5 Å². The van der Waals surface area contributed by atoms with E-state index in [2.05, 4.69) is 15.5 Å². The zero-order valence-corrected chi connectivity index (χ0v) is 15.3. The summed E-state index contributed by atoms with van der Waals surface area (Å²) >= 11 is 12.8. The molecular weight excluding hydrogens is 379 g/mol. The largest absolute Gasteiger partial charge is 0.361 e. The van der Waals surface area contributed by atoms with Crippen molar-refractivity contribution in [1.82, 2.24) is 15.6 Å². The number of carbonyl (C=O) groups excluding carboxylic acids is 1. The number of halogens is 2. The number of hydroxylamine groups is 1. The van der Waals surface area contributed by atoms with Crippen LogP contribution >= 0.6 is 23.2 Å². The van der Waals surface area contributed by atoms with E-state index in [1.807, 2.05) is 6.92 Å². The number of rotatable bonds is 4. The first-order valence-electron chi connectivity index (χ1n) is 7.51. The minimum Gasteiger partial charge on any atom is -0.361 e. The van der Waals surface area contributed by atoms with Crippen LogP contribution in [0, 0.1) is 13.8 Å².